The second kappa shape index (κ2) is 6.08. The topological polar surface area (TPSA) is 26.0 Å². The van der Waals surface area contributed by atoms with Gasteiger partial charge in [-0.2, -0.15) is 13.2 Å². The molecule has 0 amide bonds. The zero-order chi connectivity index (χ0) is 10.8. The molecule has 0 unspecified atom stereocenters. The molecule has 88 valence electrons. The second-order valence-corrected chi connectivity index (χ2v) is 4.79. The van der Waals surface area contributed by atoms with Gasteiger partial charge in [0.25, 0.3) is 0 Å². The van der Waals surface area contributed by atoms with Crippen molar-refractivity contribution in [1.82, 2.24) is 0 Å². The van der Waals surface area contributed by atoms with Crippen LogP contribution >= 0.6 is 39.7 Å². The molecule has 1 aromatic heterocycles. The molecule has 15 heavy (non-hydrogen) atoms. The summed E-state index contributed by atoms with van der Waals surface area (Å²) in [6.07, 6.45) is -5.01. The van der Waals surface area contributed by atoms with Crippen LogP contribution in [0.4, 0.5) is 13.2 Å². The first-order valence-corrected chi connectivity index (χ1v) is 5.62. The largest absolute Gasteiger partial charge is 0.389 e. The minimum atomic E-state index is -4.12. The Balaban J connectivity index is 0.00000196. The summed E-state index contributed by atoms with van der Waals surface area (Å²) >= 11 is 4.59. The van der Waals surface area contributed by atoms with Crippen LogP contribution in [-0.4, -0.2) is 6.18 Å². The van der Waals surface area contributed by atoms with E-state index in [1.165, 1.54) is 11.3 Å². The van der Waals surface area contributed by atoms with Crippen molar-refractivity contribution in [3.63, 3.8) is 0 Å². The third kappa shape index (κ3) is 5.75. The van der Waals surface area contributed by atoms with E-state index in [-0.39, 0.29) is 18.8 Å². The molecule has 0 radical (unpaired) electrons. The molecule has 2 N–H and O–H groups in total. The molecule has 0 spiro atoms. The van der Waals surface area contributed by atoms with E-state index in [0.29, 0.717) is 0 Å². The molecule has 0 aromatic carbocycles. The summed E-state index contributed by atoms with van der Waals surface area (Å²) in [6, 6.07) is 1.24. The minimum absolute atomic E-state index is 0. The normalized spacial score (nSPS) is 13.4. The van der Waals surface area contributed by atoms with Crippen LogP contribution in [0.1, 0.15) is 23.8 Å². The van der Waals surface area contributed by atoms with Gasteiger partial charge in [-0.3, -0.25) is 0 Å². The fraction of sp³-hybridized carbons (Fsp3) is 0.500. The van der Waals surface area contributed by atoms with Crippen LogP contribution in [0.5, 0.6) is 0 Å². The molecule has 0 saturated heterocycles. The highest BCUT2D eigenvalue weighted by atomic mass is 79.9. The first-order chi connectivity index (χ1) is 6.38. The third-order valence-electron chi connectivity index (χ3n) is 1.69. The Morgan fingerprint density at radius 1 is 1.47 bits per heavy atom. The Labute approximate surface area is 104 Å². The third-order valence-corrected chi connectivity index (χ3v) is 3.52. The maximum atomic E-state index is 11.9. The molecule has 0 fully saturated rings. The molecule has 0 aliphatic heterocycles. The van der Waals surface area contributed by atoms with Crippen LogP contribution in [0, 0.1) is 0 Å². The van der Waals surface area contributed by atoms with E-state index in [1.54, 1.807) is 6.07 Å². The van der Waals surface area contributed by atoms with Crippen LogP contribution in [0.25, 0.3) is 0 Å². The Bertz CT molecular complexity index is 302. The molecule has 1 aromatic rings. The Hall–Kier alpha value is 0.220. The van der Waals surface area contributed by atoms with Gasteiger partial charge in [-0.05, 0) is 28.4 Å². The maximum Gasteiger partial charge on any atom is 0.389 e. The fourth-order valence-corrected chi connectivity index (χ4v) is 2.47. The van der Waals surface area contributed by atoms with Crippen LogP contribution in [0.15, 0.2) is 15.9 Å². The second-order valence-electron chi connectivity index (χ2n) is 2.93. The monoisotopic (exact) mass is 323 g/mol. The predicted molar refractivity (Wildman–Crippen MR) is 61.5 cm³/mol. The molecule has 1 heterocycles. The molecule has 0 aliphatic carbocycles. The van der Waals surface area contributed by atoms with E-state index < -0.39 is 18.6 Å². The molecule has 1 nitrogen and oxygen atoms in total. The molecule has 0 saturated carbocycles. The fourth-order valence-electron chi connectivity index (χ4n) is 0.984. The van der Waals surface area contributed by atoms with Gasteiger partial charge in [0.15, 0.2) is 0 Å². The average Bonchev–Trinajstić information content (AvgIpc) is 2.46. The van der Waals surface area contributed by atoms with Crippen molar-refractivity contribution in [2.45, 2.75) is 25.1 Å². The Morgan fingerprint density at radius 2 is 2.07 bits per heavy atom. The summed E-state index contributed by atoms with van der Waals surface area (Å²) < 4.78 is 36.5. The quantitative estimate of drug-likeness (QED) is 0.882. The Kier molecular flexibility index (Phi) is 6.17. The molecule has 0 bridgehead atoms. The van der Waals surface area contributed by atoms with Crippen molar-refractivity contribution >= 4 is 39.7 Å². The van der Waals surface area contributed by atoms with E-state index in [4.69, 9.17) is 5.73 Å². The highest BCUT2D eigenvalue weighted by Gasteiger charge is 2.28. The number of rotatable bonds is 3. The van der Waals surface area contributed by atoms with Crippen molar-refractivity contribution in [2.75, 3.05) is 0 Å². The van der Waals surface area contributed by atoms with Crippen molar-refractivity contribution < 1.29 is 13.2 Å². The number of halogens is 5. The van der Waals surface area contributed by atoms with Gasteiger partial charge in [0, 0.05) is 27.2 Å². The van der Waals surface area contributed by atoms with Crippen molar-refractivity contribution in [1.29, 1.82) is 0 Å². The standard InChI is InChI=1S/C8H9BrF3NS.ClH/c9-5-3-7(14-4-5)6(13)1-2-8(10,11)12;/h3-4,6H,1-2,13H2;1H/t6-;/m1./s1. The zero-order valence-corrected chi connectivity index (χ0v) is 10.8. The summed E-state index contributed by atoms with van der Waals surface area (Å²) in [5.74, 6) is 0. The minimum Gasteiger partial charge on any atom is -0.323 e. The first-order valence-electron chi connectivity index (χ1n) is 3.95. The van der Waals surface area contributed by atoms with E-state index >= 15 is 0 Å². The van der Waals surface area contributed by atoms with E-state index in [1.807, 2.05) is 5.38 Å². The smallest absolute Gasteiger partial charge is 0.323 e. The summed E-state index contributed by atoms with van der Waals surface area (Å²) in [5.41, 5.74) is 5.61. The van der Waals surface area contributed by atoms with Gasteiger partial charge in [-0.25, -0.2) is 0 Å². The SMILES string of the molecule is Cl.N[C@H](CCC(F)(F)F)c1cc(Br)cs1. The number of hydrogen-bond donors (Lipinski definition) is 1. The van der Waals surface area contributed by atoms with Crippen molar-refractivity contribution in [3.8, 4) is 0 Å². The van der Waals surface area contributed by atoms with Gasteiger partial charge in [-0.15, -0.1) is 23.7 Å². The van der Waals surface area contributed by atoms with Gasteiger partial charge < -0.3 is 5.73 Å². The molecular formula is C8H10BrClF3NS. The summed E-state index contributed by atoms with van der Waals surface area (Å²) in [6.45, 7) is 0. The van der Waals surface area contributed by atoms with E-state index in [0.717, 1.165) is 9.35 Å². The van der Waals surface area contributed by atoms with Crippen LogP contribution < -0.4 is 5.73 Å². The van der Waals surface area contributed by atoms with Gasteiger partial charge in [0.1, 0.15) is 0 Å². The lowest BCUT2D eigenvalue weighted by atomic mass is 10.1. The van der Waals surface area contributed by atoms with E-state index in [2.05, 4.69) is 15.9 Å². The highest BCUT2D eigenvalue weighted by molar-refractivity contribution is 9.10. The van der Waals surface area contributed by atoms with Crippen LogP contribution in [-0.2, 0) is 0 Å². The molecule has 1 atom stereocenters. The highest BCUT2D eigenvalue weighted by Crippen LogP contribution is 2.30. The zero-order valence-electron chi connectivity index (χ0n) is 7.55. The van der Waals surface area contributed by atoms with Crippen LogP contribution in [0.2, 0.25) is 0 Å². The van der Waals surface area contributed by atoms with E-state index in [9.17, 15) is 13.2 Å². The summed E-state index contributed by atoms with van der Waals surface area (Å²) in [4.78, 5) is 0.779. The van der Waals surface area contributed by atoms with Gasteiger partial charge >= 0.3 is 6.18 Å². The molecule has 0 aliphatic rings. The molecule has 7 heteroatoms. The summed E-state index contributed by atoms with van der Waals surface area (Å²) in [5, 5.41) is 1.81. The summed E-state index contributed by atoms with van der Waals surface area (Å²) in [7, 11) is 0. The molecular weight excluding hydrogens is 315 g/mol. The van der Waals surface area contributed by atoms with Gasteiger partial charge in [-0.1, -0.05) is 0 Å². The average molecular weight is 325 g/mol. The Morgan fingerprint density at radius 3 is 2.47 bits per heavy atom. The number of thiophene rings is 1. The lowest BCUT2D eigenvalue weighted by Gasteiger charge is -2.11. The molecule has 1 rings (SSSR count). The first kappa shape index (κ1) is 15.2. The van der Waals surface area contributed by atoms with Crippen molar-refractivity contribution in [3.05, 3.63) is 20.8 Å². The van der Waals surface area contributed by atoms with Gasteiger partial charge in [0.05, 0.1) is 0 Å². The van der Waals surface area contributed by atoms with Crippen LogP contribution in [0.3, 0.4) is 0 Å². The predicted octanol–water partition coefficient (Wildman–Crippen LogP) is 4.27. The number of nitrogens with two attached hydrogens (primary N) is 1. The number of alkyl halides is 3. The lowest BCUT2D eigenvalue weighted by Crippen LogP contribution is -2.14. The lowest BCUT2D eigenvalue weighted by molar-refractivity contribution is -0.136. The number of hydrogen-bond acceptors (Lipinski definition) is 2. The maximum absolute atomic E-state index is 11.9. The van der Waals surface area contributed by atoms with Gasteiger partial charge in [0.2, 0.25) is 0 Å². The van der Waals surface area contributed by atoms with Crippen molar-refractivity contribution in [2.24, 2.45) is 5.73 Å².